The SMILES string of the molecule is CCCCCCCCCCCC=CC=CC=CC=CC=CC(=O)C(O)CN. The Morgan fingerprint density at radius 3 is 1.81 bits per heavy atom. The fraction of sp³-hybridized carbons (Fsp3) is 0.542. The molecule has 0 aliphatic rings. The third kappa shape index (κ3) is 18.9. The standard InChI is InChI=1S/C24H39NO2/c1-2-3-4-5-6-7-8-9-10-11-12-13-14-15-16-17-18-19-20-21-23(26)24(27)22-25/h12-21,24,27H,2-11,22,25H2,1H3. The van der Waals surface area contributed by atoms with Crippen molar-refractivity contribution in [2.24, 2.45) is 5.73 Å². The van der Waals surface area contributed by atoms with Gasteiger partial charge in [-0.1, -0.05) is 113 Å². The lowest BCUT2D eigenvalue weighted by Crippen LogP contribution is -2.27. The van der Waals surface area contributed by atoms with E-state index in [1.54, 1.807) is 12.2 Å². The van der Waals surface area contributed by atoms with E-state index in [0.29, 0.717) is 0 Å². The second-order valence-electron chi connectivity index (χ2n) is 6.71. The van der Waals surface area contributed by atoms with Gasteiger partial charge in [-0.15, -0.1) is 0 Å². The van der Waals surface area contributed by atoms with Gasteiger partial charge in [-0.05, 0) is 18.9 Å². The van der Waals surface area contributed by atoms with Gasteiger partial charge < -0.3 is 10.8 Å². The van der Waals surface area contributed by atoms with Crippen LogP contribution in [0.25, 0.3) is 0 Å². The molecule has 0 bridgehead atoms. The van der Waals surface area contributed by atoms with Gasteiger partial charge in [-0.2, -0.15) is 0 Å². The predicted molar refractivity (Wildman–Crippen MR) is 118 cm³/mol. The molecule has 1 atom stereocenters. The number of aliphatic hydroxyl groups excluding tert-OH is 1. The lowest BCUT2D eigenvalue weighted by atomic mass is 10.1. The van der Waals surface area contributed by atoms with E-state index < -0.39 is 6.10 Å². The van der Waals surface area contributed by atoms with Crippen LogP contribution >= 0.6 is 0 Å². The highest BCUT2D eigenvalue weighted by Gasteiger charge is 2.07. The third-order valence-corrected chi connectivity index (χ3v) is 4.20. The Labute approximate surface area is 166 Å². The van der Waals surface area contributed by atoms with Gasteiger partial charge in [-0.25, -0.2) is 0 Å². The first-order chi connectivity index (χ1) is 13.2. The van der Waals surface area contributed by atoms with Crippen LogP contribution in [0, 0.1) is 0 Å². The fourth-order valence-electron chi connectivity index (χ4n) is 2.51. The second-order valence-corrected chi connectivity index (χ2v) is 6.71. The zero-order valence-electron chi connectivity index (χ0n) is 17.1. The topological polar surface area (TPSA) is 63.3 Å². The number of carbonyl (C=O) groups is 1. The molecule has 0 aromatic heterocycles. The van der Waals surface area contributed by atoms with E-state index in [1.807, 2.05) is 30.4 Å². The van der Waals surface area contributed by atoms with Gasteiger partial charge >= 0.3 is 0 Å². The summed E-state index contributed by atoms with van der Waals surface area (Å²) in [6.07, 6.45) is 31.0. The summed E-state index contributed by atoms with van der Waals surface area (Å²) in [4.78, 5) is 11.3. The molecule has 3 N–H and O–H groups in total. The van der Waals surface area contributed by atoms with Crippen molar-refractivity contribution in [1.82, 2.24) is 0 Å². The van der Waals surface area contributed by atoms with Crippen molar-refractivity contribution in [2.75, 3.05) is 6.54 Å². The maximum atomic E-state index is 11.3. The number of unbranched alkanes of at least 4 members (excludes halogenated alkanes) is 9. The van der Waals surface area contributed by atoms with E-state index in [4.69, 9.17) is 5.73 Å². The highest BCUT2D eigenvalue weighted by molar-refractivity contribution is 5.93. The number of ketones is 1. The minimum atomic E-state index is -1.10. The molecule has 0 aliphatic heterocycles. The highest BCUT2D eigenvalue weighted by atomic mass is 16.3. The van der Waals surface area contributed by atoms with Crippen molar-refractivity contribution < 1.29 is 9.90 Å². The number of rotatable bonds is 17. The van der Waals surface area contributed by atoms with Gasteiger partial charge in [0.25, 0.3) is 0 Å². The Hall–Kier alpha value is -1.71. The summed E-state index contributed by atoms with van der Waals surface area (Å²) in [5.74, 6) is -0.372. The van der Waals surface area contributed by atoms with Gasteiger partial charge in [0.05, 0.1) is 0 Å². The molecular weight excluding hydrogens is 334 g/mol. The number of allylic oxidation sites excluding steroid dienone is 9. The third-order valence-electron chi connectivity index (χ3n) is 4.20. The lowest BCUT2D eigenvalue weighted by Gasteiger charge is -2.00. The van der Waals surface area contributed by atoms with Crippen LogP contribution in [0.3, 0.4) is 0 Å². The van der Waals surface area contributed by atoms with Crippen molar-refractivity contribution in [3.8, 4) is 0 Å². The first-order valence-electron chi connectivity index (χ1n) is 10.5. The molecule has 0 fully saturated rings. The average Bonchev–Trinajstić information content (AvgIpc) is 2.68. The van der Waals surface area contributed by atoms with Crippen LogP contribution in [0.1, 0.15) is 71.1 Å². The van der Waals surface area contributed by atoms with Crippen LogP contribution < -0.4 is 5.73 Å². The molecular formula is C24H39NO2. The molecule has 27 heavy (non-hydrogen) atoms. The van der Waals surface area contributed by atoms with Crippen LogP contribution in [0.15, 0.2) is 60.8 Å². The summed E-state index contributed by atoms with van der Waals surface area (Å²) >= 11 is 0. The van der Waals surface area contributed by atoms with Crippen molar-refractivity contribution in [3.63, 3.8) is 0 Å². The smallest absolute Gasteiger partial charge is 0.185 e. The number of nitrogens with two attached hydrogens (primary N) is 1. The van der Waals surface area contributed by atoms with Crippen molar-refractivity contribution in [3.05, 3.63) is 60.8 Å². The van der Waals surface area contributed by atoms with E-state index in [9.17, 15) is 9.90 Å². The Morgan fingerprint density at radius 2 is 1.26 bits per heavy atom. The van der Waals surface area contributed by atoms with Crippen molar-refractivity contribution in [1.29, 1.82) is 0 Å². The van der Waals surface area contributed by atoms with Gasteiger partial charge in [0.2, 0.25) is 0 Å². The number of hydrogen-bond donors (Lipinski definition) is 2. The first kappa shape index (κ1) is 25.3. The summed E-state index contributed by atoms with van der Waals surface area (Å²) in [5, 5.41) is 9.20. The summed E-state index contributed by atoms with van der Waals surface area (Å²) in [6.45, 7) is 2.21. The number of hydrogen-bond acceptors (Lipinski definition) is 3. The lowest BCUT2D eigenvalue weighted by molar-refractivity contribution is -0.121. The van der Waals surface area contributed by atoms with E-state index >= 15 is 0 Å². The van der Waals surface area contributed by atoms with Crippen LogP contribution in [0.4, 0.5) is 0 Å². The van der Waals surface area contributed by atoms with Gasteiger partial charge in [0.15, 0.2) is 5.78 Å². The monoisotopic (exact) mass is 373 g/mol. The predicted octanol–water partition coefficient (Wildman–Crippen LogP) is 5.58. The maximum absolute atomic E-state index is 11.3. The van der Waals surface area contributed by atoms with Crippen LogP contribution in [0.5, 0.6) is 0 Å². The van der Waals surface area contributed by atoms with Gasteiger partial charge in [0, 0.05) is 6.54 Å². The average molecular weight is 374 g/mol. The van der Waals surface area contributed by atoms with Gasteiger partial charge in [-0.3, -0.25) is 4.79 Å². The van der Waals surface area contributed by atoms with Crippen LogP contribution in [-0.4, -0.2) is 23.5 Å². The van der Waals surface area contributed by atoms with Crippen molar-refractivity contribution in [2.45, 2.75) is 77.2 Å². The summed E-state index contributed by atoms with van der Waals surface area (Å²) < 4.78 is 0. The molecule has 0 radical (unpaired) electrons. The van der Waals surface area contributed by atoms with Crippen molar-refractivity contribution >= 4 is 5.78 Å². The highest BCUT2D eigenvalue weighted by Crippen LogP contribution is 2.10. The Morgan fingerprint density at radius 1 is 0.778 bits per heavy atom. The number of aliphatic hydroxyl groups is 1. The minimum Gasteiger partial charge on any atom is -0.384 e. The molecule has 0 rings (SSSR count). The minimum absolute atomic E-state index is 0.0514. The largest absolute Gasteiger partial charge is 0.384 e. The molecule has 0 saturated carbocycles. The quantitative estimate of drug-likeness (QED) is 0.199. The summed E-state index contributed by atoms with van der Waals surface area (Å²) in [7, 11) is 0. The van der Waals surface area contributed by atoms with E-state index in [-0.39, 0.29) is 12.3 Å². The van der Waals surface area contributed by atoms with Crippen LogP contribution in [0.2, 0.25) is 0 Å². The molecule has 0 aromatic carbocycles. The van der Waals surface area contributed by atoms with E-state index in [2.05, 4.69) is 19.1 Å². The fourth-order valence-corrected chi connectivity index (χ4v) is 2.51. The summed E-state index contributed by atoms with van der Waals surface area (Å²) in [6, 6.07) is 0. The molecule has 3 nitrogen and oxygen atoms in total. The number of carbonyl (C=O) groups excluding carboxylic acids is 1. The normalized spacial score (nSPS) is 13.9. The van der Waals surface area contributed by atoms with E-state index in [0.717, 1.165) is 6.42 Å². The Bertz CT molecular complexity index is 487. The molecule has 1 unspecified atom stereocenters. The molecule has 0 saturated heterocycles. The molecule has 3 heteroatoms. The summed E-state index contributed by atoms with van der Waals surface area (Å²) in [5.41, 5.74) is 5.20. The second kappa shape index (κ2) is 20.6. The van der Waals surface area contributed by atoms with Crippen LogP contribution in [-0.2, 0) is 4.79 Å². The zero-order valence-corrected chi connectivity index (χ0v) is 17.1. The molecule has 0 aromatic rings. The first-order valence-corrected chi connectivity index (χ1v) is 10.5. The molecule has 0 amide bonds. The molecule has 0 heterocycles. The zero-order chi connectivity index (χ0) is 20.0. The van der Waals surface area contributed by atoms with Gasteiger partial charge in [0.1, 0.15) is 6.10 Å². The maximum Gasteiger partial charge on any atom is 0.185 e. The molecule has 152 valence electrons. The molecule has 0 aliphatic carbocycles. The Balaban J connectivity index is 3.59. The Kier molecular flexibility index (Phi) is 19.3. The molecule has 0 spiro atoms. The van der Waals surface area contributed by atoms with E-state index in [1.165, 1.54) is 63.9 Å².